The van der Waals surface area contributed by atoms with Gasteiger partial charge in [0.05, 0.1) is 31.7 Å². The van der Waals surface area contributed by atoms with E-state index >= 15 is 0 Å². The summed E-state index contributed by atoms with van der Waals surface area (Å²) < 4.78 is 37.3. The van der Waals surface area contributed by atoms with Crippen LogP contribution in [0.25, 0.3) is 11.2 Å². The summed E-state index contributed by atoms with van der Waals surface area (Å²) in [6.45, 7) is 10.3. The molecular weight excluding hydrogens is 515 g/mol. The van der Waals surface area contributed by atoms with Gasteiger partial charge in [0.1, 0.15) is 23.7 Å². The van der Waals surface area contributed by atoms with E-state index in [0.29, 0.717) is 17.7 Å². The van der Waals surface area contributed by atoms with E-state index in [1.54, 1.807) is 31.7 Å². The molecule has 2 atom stereocenters. The molecule has 0 aromatic carbocycles. The molecule has 0 amide bonds. The fourth-order valence-corrected chi connectivity index (χ4v) is 5.40. The zero-order valence-corrected chi connectivity index (χ0v) is 24.0. The maximum absolute atomic E-state index is 13.8. The van der Waals surface area contributed by atoms with Crippen molar-refractivity contribution in [2.24, 2.45) is 0 Å². The molecule has 38 heavy (non-hydrogen) atoms. The third-order valence-corrected chi connectivity index (χ3v) is 7.30. The van der Waals surface area contributed by atoms with E-state index in [0.717, 1.165) is 25.7 Å². The van der Waals surface area contributed by atoms with Crippen LogP contribution in [0.4, 0.5) is 5.82 Å². The average Bonchev–Trinajstić information content (AvgIpc) is 3.24. The van der Waals surface area contributed by atoms with Crippen molar-refractivity contribution in [1.29, 1.82) is 0 Å². The molecule has 0 aliphatic rings. The largest absolute Gasteiger partial charge is 0.464 e. The van der Waals surface area contributed by atoms with Gasteiger partial charge in [0.2, 0.25) is 0 Å². The molecule has 0 fully saturated rings. The highest BCUT2D eigenvalue weighted by molar-refractivity contribution is 7.56. The Morgan fingerprint density at radius 1 is 1.16 bits per heavy atom. The van der Waals surface area contributed by atoms with E-state index < -0.39 is 44.1 Å². The van der Waals surface area contributed by atoms with E-state index in [-0.39, 0.29) is 18.5 Å². The number of aromatic nitrogens is 4. The normalized spacial score (nSPS) is 14.4. The predicted octanol–water partition coefficient (Wildman–Crippen LogP) is 3.42. The van der Waals surface area contributed by atoms with E-state index in [1.807, 2.05) is 0 Å². The number of nitrogens with two attached hydrogens (primary N) is 1. The second-order valence-corrected chi connectivity index (χ2v) is 11.9. The second-order valence-electron chi connectivity index (χ2n) is 9.85. The van der Waals surface area contributed by atoms with Gasteiger partial charge in [-0.2, -0.15) is 0 Å². The van der Waals surface area contributed by atoms with Gasteiger partial charge in [-0.15, -0.1) is 0 Å². The van der Waals surface area contributed by atoms with Crippen molar-refractivity contribution < 1.29 is 32.9 Å². The molecule has 0 radical (unpaired) electrons. The number of unbranched alkanes of at least 4 members (excludes halogenated alkanes) is 3. The molecule has 0 bridgehead atoms. The molecule has 2 heterocycles. The Hall–Kier alpha value is -2.60. The Morgan fingerprint density at radius 3 is 2.58 bits per heavy atom. The molecule has 0 aliphatic heterocycles. The van der Waals surface area contributed by atoms with E-state index in [1.165, 1.54) is 20.2 Å². The lowest BCUT2D eigenvalue weighted by Gasteiger charge is -2.30. The summed E-state index contributed by atoms with van der Waals surface area (Å²) in [5.41, 5.74) is 5.47. The van der Waals surface area contributed by atoms with Crippen molar-refractivity contribution in [3.63, 3.8) is 0 Å². The SMILES string of the molecule is CCCCCCOC(=O)C(C)(C)N[P@](=O)(CO[C@H](C)Cn1cnc2c(N)ncnc21)OCC(=O)OC(C)C. The van der Waals surface area contributed by atoms with Crippen LogP contribution < -0.4 is 10.8 Å². The first kappa shape index (κ1) is 31.6. The van der Waals surface area contributed by atoms with Crippen molar-refractivity contribution >= 4 is 36.4 Å². The van der Waals surface area contributed by atoms with Crippen molar-refractivity contribution in [2.75, 3.05) is 25.3 Å². The van der Waals surface area contributed by atoms with Crippen LogP contribution in [0.15, 0.2) is 12.7 Å². The van der Waals surface area contributed by atoms with Crippen LogP contribution in [-0.4, -0.2) is 68.8 Å². The summed E-state index contributed by atoms with van der Waals surface area (Å²) in [5, 5.41) is 2.75. The summed E-state index contributed by atoms with van der Waals surface area (Å²) in [7, 11) is -3.89. The summed E-state index contributed by atoms with van der Waals surface area (Å²) in [5.74, 6) is -1.01. The molecule has 13 nitrogen and oxygen atoms in total. The number of carbonyl (C=O) groups excluding carboxylic acids is 2. The number of hydrogen-bond donors (Lipinski definition) is 2. The topological polar surface area (TPSA) is 170 Å². The van der Waals surface area contributed by atoms with Crippen molar-refractivity contribution in [3.05, 3.63) is 12.7 Å². The number of rotatable bonds is 17. The number of esters is 2. The highest BCUT2D eigenvalue weighted by Gasteiger charge is 2.39. The highest BCUT2D eigenvalue weighted by atomic mass is 31.2. The van der Waals surface area contributed by atoms with Crippen molar-refractivity contribution in [2.45, 2.75) is 91.5 Å². The van der Waals surface area contributed by atoms with Crippen molar-refractivity contribution in [3.8, 4) is 0 Å². The van der Waals surface area contributed by atoms with E-state index in [9.17, 15) is 14.2 Å². The second kappa shape index (κ2) is 14.5. The van der Waals surface area contributed by atoms with Gasteiger partial charge >= 0.3 is 11.9 Å². The predicted molar refractivity (Wildman–Crippen MR) is 142 cm³/mol. The van der Waals surface area contributed by atoms with E-state index in [2.05, 4.69) is 27.0 Å². The summed E-state index contributed by atoms with van der Waals surface area (Å²) >= 11 is 0. The van der Waals surface area contributed by atoms with Gasteiger partial charge < -0.3 is 29.0 Å². The van der Waals surface area contributed by atoms with Crippen LogP contribution in [0, 0.1) is 0 Å². The lowest BCUT2D eigenvalue weighted by Crippen LogP contribution is -2.47. The van der Waals surface area contributed by atoms with Crippen LogP contribution >= 0.6 is 7.52 Å². The molecule has 2 aromatic heterocycles. The minimum atomic E-state index is -3.89. The number of nitrogen functional groups attached to an aromatic ring is 1. The number of fused-ring (bicyclic) bond motifs is 1. The molecule has 214 valence electrons. The molecule has 14 heteroatoms. The Labute approximate surface area is 223 Å². The highest BCUT2D eigenvalue weighted by Crippen LogP contribution is 2.45. The lowest BCUT2D eigenvalue weighted by atomic mass is 10.1. The van der Waals surface area contributed by atoms with Gasteiger partial charge in [0.25, 0.3) is 7.52 Å². The summed E-state index contributed by atoms with van der Waals surface area (Å²) in [6.07, 6.45) is 5.46. The number of ether oxygens (including phenoxy) is 3. The van der Waals surface area contributed by atoms with Gasteiger partial charge in [-0.3, -0.25) is 9.36 Å². The zero-order chi connectivity index (χ0) is 28.3. The maximum Gasteiger partial charge on any atom is 0.332 e. The third-order valence-electron chi connectivity index (χ3n) is 5.36. The third kappa shape index (κ3) is 9.94. The maximum atomic E-state index is 13.8. The Kier molecular flexibility index (Phi) is 12.1. The first-order valence-corrected chi connectivity index (χ1v) is 14.6. The number of carbonyl (C=O) groups is 2. The molecule has 0 aliphatic carbocycles. The van der Waals surface area contributed by atoms with Gasteiger partial charge in [-0.1, -0.05) is 26.2 Å². The number of nitrogens with one attached hydrogen (secondary N) is 1. The van der Waals surface area contributed by atoms with Gasteiger partial charge in [-0.05, 0) is 41.0 Å². The fraction of sp³-hybridized carbons (Fsp3) is 0.708. The summed E-state index contributed by atoms with van der Waals surface area (Å²) in [6, 6.07) is 0. The molecule has 2 aromatic rings. The van der Waals surface area contributed by atoms with Gasteiger partial charge in [0.15, 0.2) is 18.1 Å². The minimum absolute atomic E-state index is 0.260. The standard InChI is InChI=1S/C24H41N6O7P/c1-7-8-9-10-11-34-23(32)24(5,6)29-38(33,36-13-19(31)37-17(2)3)16-35-18(4)12-30-15-28-20-21(25)26-14-27-22(20)30/h14-15,17-18H,7-13,16H2,1-6H3,(H,29,33)(H2,25,26,27)/t18-,38+/m1/s1. The Balaban J connectivity index is 2.06. The van der Waals surface area contributed by atoms with Gasteiger partial charge in [0, 0.05) is 0 Å². The number of anilines is 1. The molecule has 0 spiro atoms. The van der Waals surface area contributed by atoms with Crippen LogP contribution in [0.3, 0.4) is 0 Å². The van der Waals surface area contributed by atoms with Crippen LogP contribution in [-0.2, 0) is 39.4 Å². The smallest absolute Gasteiger partial charge is 0.332 e. The van der Waals surface area contributed by atoms with E-state index in [4.69, 9.17) is 24.5 Å². The zero-order valence-electron chi connectivity index (χ0n) is 23.1. The van der Waals surface area contributed by atoms with Crippen LogP contribution in [0.5, 0.6) is 0 Å². The average molecular weight is 557 g/mol. The first-order valence-electron chi connectivity index (χ1n) is 12.8. The monoisotopic (exact) mass is 556 g/mol. The van der Waals surface area contributed by atoms with Crippen LogP contribution in [0.2, 0.25) is 0 Å². The lowest BCUT2D eigenvalue weighted by molar-refractivity contribution is -0.149. The fourth-order valence-electron chi connectivity index (χ4n) is 3.49. The number of nitrogens with zero attached hydrogens (tertiary/aromatic N) is 4. The molecule has 2 rings (SSSR count). The van der Waals surface area contributed by atoms with Crippen LogP contribution in [0.1, 0.15) is 67.2 Å². The van der Waals surface area contributed by atoms with Crippen molar-refractivity contribution in [1.82, 2.24) is 24.6 Å². The Morgan fingerprint density at radius 2 is 1.89 bits per heavy atom. The Bertz CT molecular complexity index is 1110. The summed E-state index contributed by atoms with van der Waals surface area (Å²) in [4.78, 5) is 37.2. The minimum Gasteiger partial charge on any atom is -0.464 e. The number of imidazole rings is 1. The molecule has 0 unspecified atom stereocenters. The first-order chi connectivity index (χ1) is 17.9. The molecule has 0 saturated heterocycles. The quantitative estimate of drug-likeness (QED) is 0.166. The van der Waals surface area contributed by atoms with Gasteiger partial charge in [-0.25, -0.2) is 24.8 Å². The molecular formula is C24H41N6O7P. The molecule has 0 saturated carbocycles. The number of hydrogen-bond acceptors (Lipinski definition) is 11. The molecule has 3 N–H and O–H groups in total.